The van der Waals surface area contributed by atoms with E-state index in [9.17, 15) is 13.9 Å². The molecule has 1 aromatic carbocycles. The van der Waals surface area contributed by atoms with E-state index in [1.807, 2.05) is 24.4 Å². The van der Waals surface area contributed by atoms with E-state index in [1.165, 1.54) is 0 Å². The molecule has 1 aliphatic carbocycles. The van der Waals surface area contributed by atoms with E-state index in [4.69, 9.17) is 0 Å². The van der Waals surface area contributed by atoms with Crippen LogP contribution in [-0.4, -0.2) is 53.8 Å². The van der Waals surface area contributed by atoms with Crippen molar-refractivity contribution < 1.29 is 13.9 Å². The van der Waals surface area contributed by atoms with Crippen molar-refractivity contribution in [3.63, 3.8) is 0 Å². The molecule has 0 bridgehead atoms. The van der Waals surface area contributed by atoms with Crippen LogP contribution in [0.15, 0.2) is 36.8 Å². The molecular weight excluding hydrogens is 414 g/mol. The SMILES string of the molecule is CC1(Nc2c(C(=O)NCC3CCS(O)(O)C3)cnc3ccc(-c4cn[nH]c4)cc23)CC1. The topological polar surface area (TPSA) is 123 Å². The second-order valence-electron chi connectivity index (χ2n) is 8.99. The summed E-state index contributed by atoms with van der Waals surface area (Å²) >= 11 is 0. The minimum atomic E-state index is -2.47. The zero-order valence-corrected chi connectivity index (χ0v) is 18.2. The number of hydrogen-bond donors (Lipinski definition) is 5. The Morgan fingerprint density at radius 1 is 1.29 bits per heavy atom. The molecule has 0 spiro atoms. The largest absolute Gasteiger partial charge is 0.379 e. The maximum Gasteiger partial charge on any atom is 0.254 e. The van der Waals surface area contributed by atoms with Crippen LogP contribution in [0.2, 0.25) is 0 Å². The fraction of sp³-hybridized carbons (Fsp3) is 0.409. The highest BCUT2D eigenvalue weighted by molar-refractivity contribution is 8.24. The van der Waals surface area contributed by atoms with E-state index in [0.29, 0.717) is 23.6 Å². The molecule has 2 aliphatic rings. The number of aromatic nitrogens is 3. The van der Waals surface area contributed by atoms with Crippen LogP contribution in [0.25, 0.3) is 22.0 Å². The summed E-state index contributed by atoms with van der Waals surface area (Å²) in [7, 11) is -2.47. The van der Waals surface area contributed by atoms with Gasteiger partial charge in [0.2, 0.25) is 0 Å². The zero-order valence-electron chi connectivity index (χ0n) is 17.4. The molecule has 3 aromatic rings. The minimum absolute atomic E-state index is 0.0167. The van der Waals surface area contributed by atoms with Gasteiger partial charge in [0.05, 0.1) is 23.0 Å². The lowest BCUT2D eigenvalue weighted by Gasteiger charge is -2.26. The number of hydrogen-bond acceptors (Lipinski definition) is 6. The number of pyridine rings is 1. The zero-order chi connectivity index (χ0) is 21.6. The number of nitrogens with zero attached hydrogens (tertiary/aromatic N) is 2. The van der Waals surface area contributed by atoms with Crippen LogP contribution in [0.3, 0.4) is 0 Å². The van der Waals surface area contributed by atoms with Crippen LogP contribution < -0.4 is 10.6 Å². The van der Waals surface area contributed by atoms with Crippen LogP contribution in [0.5, 0.6) is 0 Å². The summed E-state index contributed by atoms with van der Waals surface area (Å²) in [5.74, 6) is 0.679. The third-order valence-electron chi connectivity index (χ3n) is 6.28. The van der Waals surface area contributed by atoms with Gasteiger partial charge in [-0.15, -0.1) is 0 Å². The first kappa shape index (κ1) is 20.3. The standard InChI is InChI=1S/C22H27N5O3S/c1-22(5-6-22)27-20-17-8-15(16-10-25-26-11-16)2-3-19(17)23-12-18(20)21(28)24-9-14-4-7-31(29,30)13-14/h2-3,8,10-12,14,29-30H,4-7,9,13H2,1H3,(H,23,27)(H,24,28)(H,25,26). The minimum Gasteiger partial charge on any atom is -0.379 e. The molecule has 3 heterocycles. The van der Waals surface area contributed by atoms with Gasteiger partial charge in [-0.1, -0.05) is 6.07 Å². The molecule has 5 rings (SSSR count). The van der Waals surface area contributed by atoms with E-state index < -0.39 is 10.6 Å². The summed E-state index contributed by atoms with van der Waals surface area (Å²) < 4.78 is 19.7. The number of nitrogens with one attached hydrogen (secondary N) is 3. The summed E-state index contributed by atoms with van der Waals surface area (Å²) in [5.41, 5.74) is 4.08. The van der Waals surface area contributed by atoms with Crippen molar-refractivity contribution in [1.29, 1.82) is 0 Å². The number of carbonyl (C=O) groups excluding carboxylic acids is 1. The van der Waals surface area contributed by atoms with Crippen molar-refractivity contribution in [2.24, 2.45) is 5.92 Å². The number of anilines is 1. The van der Waals surface area contributed by atoms with E-state index in [0.717, 1.165) is 47.0 Å². The van der Waals surface area contributed by atoms with Gasteiger partial charge in [0.1, 0.15) is 0 Å². The molecule has 2 fully saturated rings. The van der Waals surface area contributed by atoms with Gasteiger partial charge in [0.25, 0.3) is 5.91 Å². The van der Waals surface area contributed by atoms with Crippen LogP contribution in [0, 0.1) is 5.92 Å². The van der Waals surface area contributed by atoms with E-state index in [-0.39, 0.29) is 17.4 Å². The number of amides is 1. The van der Waals surface area contributed by atoms with Gasteiger partial charge in [-0.25, -0.2) is 0 Å². The van der Waals surface area contributed by atoms with Crippen molar-refractivity contribution in [2.75, 3.05) is 23.4 Å². The van der Waals surface area contributed by atoms with Crippen LogP contribution in [0.1, 0.15) is 36.5 Å². The molecule has 1 aliphatic heterocycles. The third-order valence-corrected chi connectivity index (χ3v) is 8.17. The van der Waals surface area contributed by atoms with Gasteiger partial charge < -0.3 is 10.6 Å². The molecule has 8 nitrogen and oxygen atoms in total. The Labute approximate surface area is 182 Å². The summed E-state index contributed by atoms with van der Waals surface area (Å²) in [4.78, 5) is 17.7. The maximum absolute atomic E-state index is 13.1. The lowest BCUT2D eigenvalue weighted by molar-refractivity contribution is 0.0949. The summed E-state index contributed by atoms with van der Waals surface area (Å²) in [5, 5.41) is 14.4. The Morgan fingerprint density at radius 3 is 2.81 bits per heavy atom. The third kappa shape index (κ3) is 4.26. The number of rotatable bonds is 6. The number of H-pyrrole nitrogens is 1. The molecule has 2 aromatic heterocycles. The molecule has 1 atom stereocenters. The van der Waals surface area contributed by atoms with E-state index >= 15 is 0 Å². The molecule has 5 N–H and O–H groups in total. The monoisotopic (exact) mass is 441 g/mol. The summed E-state index contributed by atoms with van der Waals surface area (Å²) in [6.45, 7) is 2.59. The lowest BCUT2D eigenvalue weighted by atomic mass is 10.0. The molecule has 31 heavy (non-hydrogen) atoms. The van der Waals surface area contributed by atoms with Crippen molar-refractivity contribution >= 4 is 33.1 Å². The lowest BCUT2D eigenvalue weighted by Crippen LogP contribution is -2.31. The van der Waals surface area contributed by atoms with Gasteiger partial charge in [0.15, 0.2) is 0 Å². The molecule has 9 heteroatoms. The Bertz CT molecular complexity index is 1130. The predicted molar refractivity (Wildman–Crippen MR) is 124 cm³/mol. The van der Waals surface area contributed by atoms with Crippen LogP contribution >= 0.6 is 10.6 Å². The predicted octanol–water partition coefficient (Wildman–Crippen LogP) is 4.09. The van der Waals surface area contributed by atoms with Gasteiger partial charge >= 0.3 is 0 Å². The number of fused-ring (bicyclic) bond motifs is 1. The van der Waals surface area contributed by atoms with Crippen molar-refractivity contribution in [2.45, 2.75) is 31.7 Å². The van der Waals surface area contributed by atoms with Crippen molar-refractivity contribution in [1.82, 2.24) is 20.5 Å². The molecule has 1 saturated carbocycles. The van der Waals surface area contributed by atoms with Gasteiger partial charge in [-0.05, 0) is 49.8 Å². The molecule has 1 amide bonds. The molecule has 164 valence electrons. The summed E-state index contributed by atoms with van der Waals surface area (Å²) in [6, 6.07) is 6.01. The molecule has 1 unspecified atom stereocenters. The highest BCUT2D eigenvalue weighted by Gasteiger charge is 2.38. The fourth-order valence-corrected chi connectivity index (χ4v) is 6.01. The van der Waals surface area contributed by atoms with Crippen LogP contribution in [-0.2, 0) is 0 Å². The van der Waals surface area contributed by atoms with E-state index in [2.05, 4.69) is 32.7 Å². The highest BCUT2D eigenvalue weighted by Crippen LogP contribution is 2.48. The van der Waals surface area contributed by atoms with E-state index in [1.54, 1.807) is 12.4 Å². The second kappa shape index (κ2) is 7.51. The van der Waals surface area contributed by atoms with Crippen molar-refractivity contribution in [3.8, 4) is 11.1 Å². The quantitative estimate of drug-likeness (QED) is 0.393. The Balaban J connectivity index is 1.47. The first-order chi connectivity index (χ1) is 14.8. The first-order valence-electron chi connectivity index (χ1n) is 10.5. The Morgan fingerprint density at radius 2 is 2.13 bits per heavy atom. The van der Waals surface area contributed by atoms with Crippen molar-refractivity contribution in [3.05, 3.63) is 42.4 Å². The Hall–Kier alpha value is -2.62. The maximum atomic E-state index is 13.1. The average Bonchev–Trinajstić information content (AvgIpc) is 3.13. The average molecular weight is 442 g/mol. The normalized spacial score (nSPS) is 22.2. The molecule has 1 saturated heterocycles. The fourth-order valence-electron chi connectivity index (χ4n) is 4.09. The van der Waals surface area contributed by atoms with Gasteiger partial charge in [0, 0.05) is 46.9 Å². The number of carbonyl (C=O) groups is 1. The highest BCUT2D eigenvalue weighted by atomic mass is 32.3. The first-order valence-corrected chi connectivity index (χ1v) is 12.4. The number of aromatic amines is 1. The molecular formula is C22H27N5O3S. The Kier molecular flexibility index (Phi) is 4.91. The summed E-state index contributed by atoms with van der Waals surface area (Å²) in [6.07, 6.45) is 8.07. The number of benzene rings is 1. The van der Waals surface area contributed by atoms with Gasteiger partial charge in [-0.3, -0.25) is 24.0 Å². The molecule has 0 radical (unpaired) electrons. The second-order valence-corrected chi connectivity index (χ2v) is 11.3. The smallest absolute Gasteiger partial charge is 0.254 e. The van der Waals surface area contributed by atoms with Crippen LogP contribution in [0.4, 0.5) is 5.69 Å². The van der Waals surface area contributed by atoms with Gasteiger partial charge in [-0.2, -0.15) is 15.7 Å².